The van der Waals surface area contributed by atoms with Gasteiger partial charge in [-0.1, -0.05) is 12.1 Å². The molecule has 2 aromatic rings. The van der Waals surface area contributed by atoms with E-state index in [2.05, 4.69) is 16.7 Å². The quantitative estimate of drug-likeness (QED) is 0.420. The van der Waals surface area contributed by atoms with Gasteiger partial charge in [0.15, 0.2) is 5.78 Å². The number of carbonyl (C=O) groups is 2. The first-order valence-corrected chi connectivity index (χ1v) is 12.3. The van der Waals surface area contributed by atoms with Crippen molar-refractivity contribution < 1.29 is 27.5 Å². The molecule has 0 fully saturated rings. The molecule has 0 saturated heterocycles. The lowest BCUT2D eigenvalue weighted by Crippen LogP contribution is -2.37. The summed E-state index contributed by atoms with van der Waals surface area (Å²) in [7, 11) is 0. The van der Waals surface area contributed by atoms with Gasteiger partial charge in [0.1, 0.15) is 5.60 Å². The van der Waals surface area contributed by atoms with Crippen molar-refractivity contribution in [1.82, 2.24) is 5.32 Å². The van der Waals surface area contributed by atoms with Crippen molar-refractivity contribution in [2.75, 3.05) is 11.6 Å². The Balaban J connectivity index is 2.10. The molecule has 6 nitrogen and oxygen atoms in total. The minimum Gasteiger partial charge on any atom is -0.444 e. The maximum atomic E-state index is 13.2. The summed E-state index contributed by atoms with van der Waals surface area (Å²) in [6, 6.07) is 10.7. The van der Waals surface area contributed by atoms with Crippen LogP contribution in [-0.4, -0.2) is 23.7 Å². The van der Waals surface area contributed by atoms with Gasteiger partial charge in [-0.2, -0.15) is 18.4 Å². The van der Waals surface area contributed by atoms with Crippen molar-refractivity contribution in [2.24, 2.45) is 0 Å². The number of alkyl carbamates (subject to hydrolysis) is 1. The van der Waals surface area contributed by atoms with Gasteiger partial charge >= 0.3 is 12.3 Å². The molecule has 1 aliphatic rings. The lowest BCUT2D eigenvalue weighted by Gasteiger charge is -2.26. The molecule has 0 heterocycles. The van der Waals surface area contributed by atoms with Gasteiger partial charge in [-0.25, -0.2) is 4.79 Å². The number of halogens is 3. The predicted octanol–water partition coefficient (Wildman–Crippen LogP) is 6.59. The molecule has 0 aliphatic heterocycles. The van der Waals surface area contributed by atoms with Crippen LogP contribution in [0.5, 0.6) is 0 Å². The standard InChI is InChI=1S/C26H26F3N3O3S/c1-25(2,3)35-24(34)32-23(18-9-8-15(14-30)12-21(18)36-4)22-19(10-11-20(22)33)31-17-7-5-6-16(13-17)26(27,28)29/h5-9,12-13,23,31H,10-11H2,1-4H3,(H,32,34)/t23-/m1/s1. The van der Waals surface area contributed by atoms with Crippen molar-refractivity contribution in [3.05, 3.63) is 70.4 Å². The zero-order valence-electron chi connectivity index (χ0n) is 20.2. The lowest BCUT2D eigenvalue weighted by molar-refractivity contribution is -0.137. The van der Waals surface area contributed by atoms with Crippen molar-refractivity contribution >= 4 is 29.3 Å². The Morgan fingerprint density at radius 2 is 1.86 bits per heavy atom. The van der Waals surface area contributed by atoms with Gasteiger partial charge in [0, 0.05) is 28.3 Å². The van der Waals surface area contributed by atoms with Crippen LogP contribution in [-0.2, 0) is 15.7 Å². The second kappa shape index (κ2) is 10.7. The molecule has 0 saturated carbocycles. The highest BCUT2D eigenvalue weighted by molar-refractivity contribution is 7.98. The van der Waals surface area contributed by atoms with Crippen LogP contribution in [0.15, 0.2) is 58.6 Å². The van der Waals surface area contributed by atoms with Crippen LogP contribution >= 0.6 is 11.8 Å². The number of hydrogen-bond donors (Lipinski definition) is 2. The van der Waals surface area contributed by atoms with E-state index in [9.17, 15) is 28.0 Å². The number of alkyl halides is 3. The summed E-state index contributed by atoms with van der Waals surface area (Å²) < 4.78 is 45.1. The zero-order chi connectivity index (χ0) is 26.7. The van der Waals surface area contributed by atoms with E-state index in [-0.39, 0.29) is 29.9 Å². The Kier molecular flexibility index (Phi) is 8.04. The number of thioether (sulfide) groups is 1. The average molecular weight is 518 g/mol. The average Bonchev–Trinajstić information content (AvgIpc) is 3.15. The molecule has 0 bridgehead atoms. The number of ether oxygens (including phenoxy) is 1. The van der Waals surface area contributed by atoms with E-state index in [1.165, 1.54) is 23.9 Å². The third kappa shape index (κ3) is 6.61. The zero-order valence-corrected chi connectivity index (χ0v) is 21.1. The number of rotatable bonds is 6. The van der Waals surface area contributed by atoms with Crippen LogP contribution in [0.2, 0.25) is 0 Å². The summed E-state index contributed by atoms with van der Waals surface area (Å²) >= 11 is 1.34. The number of benzene rings is 2. The van der Waals surface area contributed by atoms with Crippen molar-refractivity contribution in [3.8, 4) is 6.07 Å². The summed E-state index contributed by atoms with van der Waals surface area (Å²) in [4.78, 5) is 26.5. The largest absolute Gasteiger partial charge is 0.444 e. The van der Waals surface area contributed by atoms with Crippen LogP contribution in [0.25, 0.3) is 0 Å². The molecule has 10 heteroatoms. The maximum Gasteiger partial charge on any atom is 0.416 e. The third-order valence-electron chi connectivity index (χ3n) is 5.34. The lowest BCUT2D eigenvalue weighted by atomic mass is 9.95. The van der Waals surface area contributed by atoms with Crippen LogP contribution in [0.1, 0.15) is 56.3 Å². The molecule has 0 unspecified atom stereocenters. The fourth-order valence-corrected chi connectivity index (χ4v) is 4.51. The summed E-state index contributed by atoms with van der Waals surface area (Å²) in [5, 5.41) is 15.0. The number of ketones is 1. The van der Waals surface area contributed by atoms with Crippen LogP contribution in [0.3, 0.4) is 0 Å². The van der Waals surface area contributed by atoms with Gasteiger partial charge in [0.05, 0.1) is 23.2 Å². The highest BCUT2D eigenvalue weighted by Gasteiger charge is 2.35. The van der Waals surface area contributed by atoms with Gasteiger partial charge in [-0.15, -0.1) is 11.8 Å². The molecular formula is C26H26F3N3O3S. The Labute approximate surface area is 211 Å². The number of allylic oxidation sites excluding steroid dienone is 1. The Bertz CT molecular complexity index is 1240. The van der Waals surface area contributed by atoms with E-state index in [1.807, 2.05) is 0 Å². The van der Waals surface area contributed by atoms with E-state index in [0.717, 1.165) is 12.1 Å². The summed E-state index contributed by atoms with van der Waals surface area (Å²) in [5.74, 6) is -0.248. The number of carbonyl (C=O) groups excluding carboxylic acids is 2. The molecule has 36 heavy (non-hydrogen) atoms. The highest BCUT2D eigenvalue weighted by atomic mass is 32.2. The first-order chi connectivity index (χ1) is 16.8. The first kappa shape index (κ1) is 27.1. The number of nitrogens with zero attached hydrogens (tertiary/aromatic N) is 1. The fourth-order valence-electron chi connectivity index (χ4n) is 3.84. The number of anilines is 1. The van der Waals surface area contributed by atoms with E-state index in [0.29, 0.717) is 21.7 Å². The van der Waals surface area contributed by atoms with Crippen LogP contribution < -0.4 is 10.6 Å². The van der Waals surface area contributed by atoms with Gasteiger partial charge in [0.2, 0.25) is 0 Å². The normalized spacial score (nSPS) is 14.9. The van der Waals surface area contributed by atoms with Crippen LogP contribution in [0.4, 0.5) is 23.7 Å². The SMILES string of the molecule is CSc1cc(C#N)ccc1[C@@H](NC(=O)OC(C)(C)C)C1=C(Nc2cccc(C(F)(F)F)c2)CCC1=O. The summed E-state index contributed by atoms with van der Waals surface area (Å²) in [6.45, 7) is 5.12. The molecule has 190 valence electrons. The minimum absolute atomic E-state index is 0.133. The van der Waals surface area contributed by atoms with E-state index in [4.69, 9.17) is 4.74 Å². The van der Waals surface area contributed by atoms with Gasteiger partial charge < -0.3 is 15.4 Å². The van der Waals surface area contributed by atoms with Crippen molar-refractivity contribution in [2.45, 2.75) is 56.3 Å². The van der Waals surface area contributed by atoms with Crippen molar-refractivity contribution in [1.29, 1.82) is 5.26 Å². The Morgan fingerprint density at radius 1 is 1.14 bits per heavy atom. The third-order valence-corrected chi connectivity index (χ3v) is 6.13. The topological polar surface area (TPSA) is 91.2 Å². The second-order valence-electron chi connectivity index (χ2n) is 9.17. The molecule has 1 aliphatic carbocycles. The monoisotopic (exact) mass is 517 g/mol. The van der Waals surface area contributed by atoms with Gasteiger partial charge in [-0.3, -0.25) is 4.79 Å². The molecule has 2 N–H and O–H groups in total. The number of nitriles is 1. The Hall–Kier alpha value is -3.45. The smallest absolute Gasteiger partial charge is 0.416 e. The molecular weight excluding hydrogens is 491 g/mol. The number of nitrogens with one attached hydrogen (secondary N) is 2. The highest BCUT2D eigenvalue weighted by Crippen LogP contribution is 2.38. The van der Waals surface area contributed by atoms with Gasteiger partial charge in [-0.05, 0) is 69.3 Å². The van der Waals surface area contributed by atoms with E-state index < -0.39 is 29.5 Å². The number of amides is 1. The van der Waals surface area contributed by atoms with Crippen molar-refractivity contribution in [3.63, 3.8) is 0 Å². The first-order valence-electron chi connectivity index (χ1n) is 11.1. The molecule has 0 aromatic heterocycles. The number of hydrogen-bond acceptors (Lipinski definition) is 6. The van der Waals surface area contributed by atoms with E-state index >= 15 is 0 Å². The number of Topliss-reactive ketones (excluding diaryl/α,β-unsaturated/α-hetero) is 1. The minimum atomic E-state index is -4.52. The molecule has 2 aromatic carbocycles. The predicted molar refractivity (Wildman–Crippen MR) is 131 cm³/mol. The summed E-state index contributed by atoms with van der Waals surface area (Å²) in [6.07, 6.45) is -3.07. The molecule has 1 atom stereocenters. The Morgan fingerprint density at radius 3 is 2.47 bits per heavy atom. The van der Waals surface area contributed by atoms with Gasteiger partial charge in [0.25, 0.3) is 0 Å². The molecule has 0 spiro atoms. The fraction of sp³-hybridized carbons (Fsp3) is 0.346. The van der Waals surface area contributed by atoms with Crippen LogP contribution in [0, 0.1) is 11.3 Å². The second-order valence-corrected chi connectivity index (χ2v) is 10.0. The maximum absolute atomic E-state index is 13.2. The molecule has 3 rings (SSSR count). The molecule has 0 radical (unpaired) electrons. The summed E-state index contributed by atoms with van der Waals surface area (Å²) in [5.41, 5.74) is 0.186. The van der Waals surface area contributed by atoms with E-state index in [1.54, 1.807) is 45.2 Å². The molecule has 1 amide bonds.